The Kier molecular flexibility index (Phi) is 9.04. The predicted molar refractivity (Wildman–Crippen MR) is 176 cm³/mol. The number of amides is 2. The average Bonchev–Trinajstić information content (AvgIpc) is 3.66. The molecule has 0 aromatic heterocycles. The molecule has 6 rings (SSSR count). The molecule has 246 valence electrons. The molecule has 0 bridgehead atoms. The van der Waals surface area contributed by atoms with Crippen LogP contribution in [0.25, 0.3) is 0 Å². The van der Waals surface area contributed by atoms with Crippen LogP contribution >= 0.6 is 11.6 Å². The maximum absolute atomic E-state index is 15.3. The van der Waals surface area contributed by atoms with Gasteiger partial charge in [-0.3, -0.25) is 19.4 Å². The van der Waals surface area contributed by atoms with Gasteiger partial charge in [-0.25, -0.2) is 12.7 Å². The molecule has 2 fully saturated rings. The van der Waals surface area contributed by atoms with E-state index in [1.807, 2.05) is 29.2 Å². The van der Waals surface area contributed by atoms with Crippen LogP contribution in [0.15, 0.2) is 65.6 Å². The lowest BCUT2D eigenvalue weighted by Crippen LogP contribution is -2.59. The van der Waals surface area contributed by atoms with E-state index in [1.165, 1.54) is 42.3 Å². The Morgan fingerprint density at radius 3 is 2.45 bits per heavy atom. The van der Waals surface area contributed by atoms with Crippen LogP contribution in [0.5, 0.6) is 5.75 Å². The number of anilines is 1. The Morgan fingerprint density at radius 2 is 1.79 bits per heavy atom. The van der Waals surface area contributed by atoms with Gasteiger partial charge in [0.1, 0.15) is 5.75 Å². The standard InChI is InChI=1S/C34H36ClN5O6S/c1-37(2)32(41)30-5-4-14-39(30)34(27-12-8-24(19-31(27)45-3)22-38-15-17-46-18-16-38)28-20-25(35)9-13-29(28)40(33(34)42)47(43,44)26-10-6-23(21-36)7-11-26/h6-13,19-20,30H,4-5,14-18,22H2,1-3H3/t30?,34-/m1/s1. The number of fused-ring (bicyclic) bond motifs is 1. The molecule has 3 aliphatic heterocycles. The lowest BCUT2D eigenvalue weighted by molar-refractivity contribution is -0.138. The van der Waals surface area contributed by atoms with Crippen LogP contribution in [-0.4, -0.2) is 95.0 Å². The number of methoxy groups -OCH3 is 1. The Hall–Kier alpha value is -3.99. The number of nitriles is 1. The van der Waals surface area contributed by atoms with Gasteiger partial charge in [-0.2, -0.15) is 5.26 Å². The van der Waals surface area contributed by atoms with Crippen molar-refractivity contribution < 1.29 is 27.5 Å². The fourth-order valence-corrected chi connectivity index (χ4v) is 8.59. The first kappa shape index (κ1) is 32.9. The molecule has 0 spiro atoms. The lowest BCUT2D eigenvalue weighted by Gasteiger charge is -2.42. The Balaban J connectivity index is 1.59. The first-order valence-electron chi connectivity index (χ1n) is 15.4. The van der Waals surface area contributed by atoms with Gasteiger partial charge < -0.3 is 14.4 Å². The second-order valence-electron chi connectivity index (χ2n) is 12.1. The molecule has 3 aromatic rings. The fourth-order valence-electron chi connectivity index (χ4n) is 6.96. The van der Waals surface area contributed by atoms with E-state index in [2.05, 4.69) is 4.90 Å². The van der Waals surface area contributed by atoms with Crippen LogP contribution in [0.2, 0.25) is 5.02 Å². The normalized spacial score (nSPS) is 21.8. The van der Waals surface area contributed by atoms with Crippen LogP contribution in [0.1, 0.15) is 35.1 Å². The first-order chi connectivity index (χ1) is 22.5. The fraction of sp³-hybridized carbons (Fsp3) is 0.382. The molecule has 2 atom stereocenters. The summed E-state index contributed by atoms with van der Waals surface area (Å²) in [5, 5.41) is 9.60. The third-order valence-corrected chi connectivity index (χ3v) is 11.1. The van der Waals surface area contributed by atoms with Crippen LogP contribution < -0.4 is 9.04 Å². The number of morpholine rings is 1. The van der Waals surface area contributed by atoms with Crippen molar-refractivity contribution in [3.8, 4) is 11.8 Å². The van der Waals surface area contributed by atoms with Gasteiger partial charge in [-0.15, -0.1) is 0 Å². The second kappa shape index (κ2) is 12.9. The summed E-state index contributed by atoms with van der Waals surface area (Å²) in [6, 6.07) is 17.0. The van der Waals surface area contributed by atoms with E-state index in [9.17, 15) is 18.5 Å². The van der Waals surface area contributed by atoms with Crippen molar-refractivity contribution in [3.63, 3.8) is 0 Å². The number of likely N-dealkylation sites (N-methyl/N-ethyl adjacent to an activating group) is 1. The highest BCUT2D eigenvalue weighted by Crippen LogP contribution is 2.55. The minimum atomic E-state index is -4.50. The van der Waals surface area contributed by atoms with E-state index in [4.69, 9.17) is 21.1 Å². The highest BCUT2D eigenvalue weighted by Gasteiger charge is 2.63. The molecule has 0 aliphatic carbocycles. The van der Waals surface area contributed by atoms with Crippen LogP contribution in [0, 0.1) is 11.3 Å². The number of likely N-dealkylation sites (tertiary alicyclic amines) is 1. The van der Waals surface area contributed by atoms with Gasteiger partial charge in [0.25, 0.3) is 15.9 Å². The number of hydrogen-bond donors (Lipinski definition) is 0. The van der Waals surface area contributed by atoms with Gasteiger partial charge in [0.2, 0.25) is 5.91 Å². The average molecular weight is 678 g/mol. The summed E-state index contributed by atoms with van der Waals surface area (Å²) in [7, 11) is 0.341. The zero-order valence-corrected chi connectivity index (χ0v) is 28.1. The third-order valence-electron chi connectivity index (χ3n) is 9.16. The monoisotopic (exact) mass is 677 g/mol. The van der Waals surface area contributed by atoms with Gasteiger partial charge in [0.15, 0.2) is 5.54 Å². The van der Waals surface area contributed by atoms with Crippen LogP contribution in [0.4, 0.5) is 5.69 Å². The topological polar surface area (TPSA) is 123 Å². The third kappa shape index (κ3) is 5.56. The molecule has 2 saturated heterocycles. The van der Waals surface area contributed by atoms with Crippen molar-refractivity contribution in [2.45, 2.75) is 35.9 Å². The number of hydrogen-bond acceptors (Lipinski definition) is 9. The molecular formula is C34H36ClN5O6S. The molecule has 3 heterocycles. The number of rotatable bonds is 8. The zero-order chi connectivity index (χ0) is 33.5. The van der Waals surface area contributed by atoms with Crippen LogP contribution in [0.3, 0.4) is 0 Å². The summed E-state index contributed by atoms with van der Waals surface area (Å²) >= 11 is 6.61. The summed E-state index contributed by atoms with van der Waals surface area (Å²) in [6.45, 7) is 3.82. The van der Waals surface area contributed by atoms with E-state index in [0.717, 1.165) is 23.0 Å². The van der Waals surface area contributed by atoms with Crippen molar-refractivity contribution >= 4 is 39.1 Å². The van der Waals surface area contributed by atoms with Gasteiger partial charge in [-0.05, 0) is 66.9 Å². The molecule has 3 aromatic carbocycles. The van der Waals surface area contributed by atoms with Gasteiger partial charge in [-0.1, -0.05) is 23.7 Å². The molecule has 0 N–H and O–H groups in total. The second-order valence-corrected chi connectivity index (χ2v) is 14.3. The molecule has 13 heteroatoms. The minimum absolute atomic E-state index is 0.131. The molecule has 47 heavy (non-hydrogen) atoms. The number of ether oxygens (including phenoxy) is 2. The number of carbonyl (C=O) groups excluding carboxylic acids is 2. The van der Waals surface area contributed by atoms with Gasteiger partial charge >= 0.3 is 0 Å². The summed E-state index contributed by atoms with van der Waals surface area (Å²) in [4.78, 5) is 34.5. The van der Waals surface area contributed by atoms with Crippen molar-refractivity contribution in [1.82, 2.24) is 14.7 Å². The molecule has 0 saturated carbocycles. The first-order valence-corrected chi connectivity index (χ1v) is 17.2. The lowest BCUT2D eigenvalue weighted by atomic mass is 9.80. The smallest absolute Gasteiger partial charge is 0.271 e. The summed E-state index contributed by atoms with van der Waals surface area (Å²) < 4.78 is 41.2. The Labute approximate surface area is 279 Å². The van der Waals surface area contributed by atoms with E-state index in [0.29, 0.717) is 61.0 Å². The summed E-state index contributed by atoms with van der Waals surface area (Å²) in [6.07, 6.45) is 1.08. The predicted octanol–water partition coefficient (Wildman–Crippen LogP) is 3.58. The van der Waals surface area contributed by atoms with Gasteiger partial charge in [0, 0.05) is 56.4 Å². The maximum Gasteiger partial charge on any atom is 0.271 e. The summed E-state index contributed by atoms with van der Waals surface area (Å²) in [5.74, 6) is -0.582. The van der Waals surface area contributed by atoms with Crippen molar-refractivity contribution in [1.29, 1.82) is 5.26 Å². The number of carbonyl (C=O) groups is 2. The Morgan fingerprint density at radius 1 is 1.06 bits per heavy atom. The van der Waals surface area contributed by atoms with Gasteiger partial charge in [0.05, 0.1) is 48.6 Å². The molecule has 2 amide bonds. The van der Waals surface area contributed by atoms with E-state index in [1.54, 1.807) is 26.2 Å². The van der Waals surface area contributed by atoms with E-state index < -0.39 is 27.5 Å². The van der Waals surface area contributed by atoms with Crippen molar-refractivity contribution in [2.75, 3.05) is 58.4 Å². The number of nitrogens with zero attached hydrogens (tertiary/aromatic N) is 5. The zero-order valence-electron chi connectivity index (χ0n) is 26.5. The van der Waals surface area contributed by atoms with E-state index in [-0.39, 0.29) is 22.1 Å². The molecule has 0 radical (unpaired) electrons. The van der Waals surface area contributed by atoms with Crippen LogP contribution in [-0.2, 0) is 36.4 Å². The molecule has 1 unspecified atom stereocenters. The minimum Gasteiger partial charge on any atom is -0.496 e. The van der Waals surface area contributed by atoms with Crippen molar-refractivity contribution in [2.24, 2.45) is 0 Å². The number of halogens is 1. The van der Waals surface area contributed by atoms with Crippen molar-refractivity contribution in [3.05, 3.63) is 87.9 Å². The SMILES string of the molecule is COc1cc(CN2CCOCC2)ccc1[C@]1(N2CCCC2C(=O)N(C)C)C(=O)N(S(=O)(=O)c2ccc(C#N)cc2)c2ccc(Cl)cc21. The number of benzene rings is 3. The largest absolute Gasteiger partial charge is 0.496 e. The maximum atomic E-state index is 15.3. The molecule has 11 nitrogen and oxygen atoms in total. The quantitative estimate of drug-likeness (QED) is 0.352. The number of sulfonamides is 1. The molecular weight excluding hydrogens is 642 g/mol. The molecule has 3 aliphatic rings. The highest BCUT2D eigenvalue weighted by molar-refractivity contribution is 7.93. The Bertz CT molecular complexity index is 1860. The summed E-state index contributed by atoms with van der Waals surface area (Å²) in [5.41, 5.74) is 0.326. The van der Waals surface area contributed by atoms with E-state index >= 15 is 4.79 Å². The highest BCUT2D eigenvalue weighted by atomic mass is 35.5.